The van der Waals surface area contributed by atoms with Crippen LogP contribution in [0.5, 0.6) is 5.75 Å². The molecule has 0 saturated heterocycles. The van der Waals surface area contributed by atoms with Crippen molar-refractivity contribution in [2.45, 2.75) is 32.2 Å². The number of amides is 1. The smallest absolute Gasteiger partial charge is 0.239 e. The first-order valence-electron chi connectivity index (χ1n) is 6.93. The summed E-state index contributed by atoms with van der Waals surface area (Å²) in [5.74, 6) is 0.218. The van der Waals surface area contributed by atoms with Crippen LogP contribution in [-0.2, 0) is 4.79 Å². The van der Waals surface area contributed by atoms with Crippen molar-refractivity contribution >= 4 is 5.91 Å². The predicted octanol–water partition coefficient (Wildman–Crippen LogP) is 2.18. The first-order valence-corrected chi connectivity index (χ1v) is 6.93. The molecule has 1 aromatic carbocycles. The number of likely N-dealkylation sites (N-methyl/N-ethyl adjacent to an activating group) is 1. The molecule has 0 aromatic heterocycles. The van der Waals surface area contributed by atoms with Gasteiger partial charge in [-0.2, -0.15) is 0 Å². The van der Waals surface area contributed by atoms with Crippen LogP contribution >= 0.6 is 0 Å². The lowest BCUT2D eigenvalue weighted by Gasteiger charge is -2.21. The summed E-state index contributed by atoms with van der Waals surface area (Å²) in [7, 11) is 1.71. The van der Waals surface area contributed by atoms with Crippen LogP contribution in [0.3, 0.4) is 0 Å². The average Bonchev–Trinajstić information content (AvgIpc) is 2.45. The third-order valence-electron chi connectivity index (χ3n) is 3.07. The third-order valence-corrected chi connectivity index (χ3v) is 3.07. The minimum atomic E-state index is -0.439. The molecule has 112 valence electrons. The first-order chi connectivity index (χ1) is 9.54. The topological polar surface area (TPSA) is 55.6 Å². The largest absolute Gasteiger partial charge is 0.492 e. The highest BCUT2D eigenvalue weighted by molar-refractivity contribution is 5.81. The molecule has 5 heteroatoms. The number of unbranched alkanes of at least 4 members (excludes halogenated alkanes) is 1. The molecule has 0 unspecified atom stereocenters. The SMILES string of the molecule is CCCC[C@H](N)C(=O)N(C)CCOc1ccc(F)cc1. The van der Waals surface area contributed by atoms with Crippen LogP contribution < -0.4 is 10.5 Å². The normalized spacial score (nSPS) is 12.0. The summed E-state index contributed by atoms with van der Waals surface area (Å²) in [4.78, 5) is 13.5. The summed E-state index contributed by atoms with van der Waals surface area (Å²) >= 11 is 0. The van der Waals surface area contributed by atoms with E-state index in [2.05, 4.69) is 6.92 Å². The molecule has 0 saturated carbocycles. The predicted molar refractivity (Wildman–Crippen MR) is 77.0 cm³/mol. The zero-order valence-electron chi connectivity index (χ0n) is 12.1. The second-order valence-corrected chi connectivity index (χ2v) is 4.81. The van der Waals surface area contributed by atoms with Gasteiger partial charge in [-0.25, -0.2) is 4.39 Å². The summed E-state index contributed by atoms with van der Waals surface area (Å²) in [6.07, 6.45) is 2.68. The van der Waals surface area contributed by atoms with E-state index in [4.69, 9.17) is 10.5 Å². The van der Waals surface area contributed by atoms with Crippen molar-refractivity contribution in [2.24, 2.45) is 5.73 Å². The summed E-state index contributed by atoms with van der Waals surface area (Å²) in [6.45, 7) is 2.88. The fourth-order valence-corrected chi connectivity index (χ4v) is 1.77. The summed E-state index contributed by atoms with van der Waals surface area (Å²) in [6, 6.07) is 5.36. The van der Waals surface area contributed by atoms with E-state index in [-0.39, 0.29) is 11.7 Å². The maximum absolute atomic E-state index is 12.7. The molecule has 4 nitrogen and oxygen atoms in total. The number of nitrogens with zero attached hydrogens (tertiary/aromatic N) is 1. The molecular weight excluding hydrogens is 259 g/mol. The Kier molecular flexibility index (Phi) is 7.01. The average molecular weight is 282 g/mol. The van der Waals surface area contributed by atoms with E-state index in [1.165, 1.54) is 12.1 Å². The molecule has 20 heavy (non-hydrogen) atoms. The lowest BCUT2D eigenvalue weighted by atomic mass is 10.1. The number of hydrogen-bond acceptors (Lipinski definition) is 3. The Labute approximate surface area is 119 Å². The van der Waals surface area contributed by atoms with Gasteiger partial charge in [0.2, 0.25) is 5.91 Å². The van der Waals surface area contributed by atoms with Gasteiger partial charge in [0.15, 0.2) is 0 Å². The molecule has 0 aliphatic heterocycles. The van der Waals surface area contributed by atoms with E-state index >= 15 is 0 Å². The highest BCUT2D eigenvalue weighted by Gasteiger charge is 2.17. The van der Waals surface area contributed by atoms with E-state index in [0.717, 1.165) is 12.8 Å². The van der Waals surface area contributed by atoms with Gasteiger partial charge in [-0.3, -0.25) is 4.79 Å². The minimum Gasteiger partial charge on any atom is -0.492 e. The number of nitrogens with two attached hydrogens (primary N) is 1. The van der Waals surface area contributed by atoms with Gasteiger partial charge in [-0.1, -0.05) is 19.8 Å². The quantitative estimate of drug-likeness (QED) is 0.795. The maximum atomic E-state index is 12.7. The Morgan fingerprint density at radius 1 is 1.40 bits per heavy atom. The van der Waals surface area contributed by atoms with Gasteiger partial charge in [0.05, 0.1) is 12.6 Å². The third kappa shape index (κ3) is 5.57. The van der Waals surface area contributed by atoms with E-state index in [9.17, 15) is 9.18 Å². The molecule has 0 aliphatic rings. The van der Waals surface area contributed by atoms with Crippen LogP contribution in [0.15, 0.2) is 24.3 Å². The highest BCUT2D eigenvalue weighted by atomic mass is 19.1. The van der Waals surface area contributed by atoms with Gasteiger partial charge in [0, 0.05) is 7.05 Å². The van der Waals surface area contributed by atoms with Crippen molar-refractivity contribution in [2.75, 3.05) is 20.2 Å². The van der Waals surface area contributed by atoms with Crippen molar-refractivity contribution in [1.82, 2.24) is 4.90 Å². The number of rotatable bonds is 8. The van der Waals surface area contributed by atoms with Crippen LogP contribution in [0, 0.1) is 5.82 Å². The van der Waals surface area contributed by atoms with E-state index in [0.29, 0.717) is 25.3 Å². The van der Waals surface area contributed by atoms with Gasteiger partial charge < -0.3 is 15.4 Å². The van der Waals surface area contributed by atoms with Crippen molar-refractivity contribution in [1.29, 1.82) is 0 Å². The molecule has 0 spiro atoms. The number of carbonyl (C=O) groups excluding carboxylic acids is 1. The van der Waals surface area contributed by atoms with Crippen molar-refractivity contribution < 1.29 is 13.9 Å². The molecule has 1 aromatic rings. The molecular formula is C15H23FN2O2. The minimum absolute atomic E-state index is 0.0684. The molecule has 0 fully saturated rings. The monoisotopic (exact) mass is 282 g/mol. The Bertz CT molecular complexity index is 409. The number of carbonyl (C=O) groups is 1. The summed E-state index contributed by atoms with van der Waals surface area (Å²) in [5, 5.41) is 0. The molecule has 0 heterocycles. The zero-order chi connectivity index (χ0) is 15.0. The number of halogens is 1. The van der Waals surface area contributed by atoms with Gasteiger partial charge in [-0.05, 0) is 30.7 Å². The van der Waals surface area contributed by atoms with Gasteiger partial charge >= 0.3 is 0 Å². The van der Waals surface area contributed by atoms with E-state index in [1.807, 2.05) is 0 Å². The summed E-state index contributed by atoms with van der Waals surface area (Å²) < 4.78 is 18.2. The fraction of sp³-hybridized carbons (Fsp3) is 0.533. The Hall–Kier alpha value is -1.62. The maximum Gasteiger partial charge on any atom is 0.239 e. The lowest BCUT2D eigenvalue weighted by Crippen LogP contribution is -2.43. The van der Waals surface area contributed by atoms with Crippen molar-refractivity contribution in [3.63, 3.8) is 0 Å². The molecule has 1 rings (SSSR count). The molecule has 2 N–H and O–H groups in total. The Balaban J connectivity index is 2.30. The van der Waals surface area contributed by atoms with Crippen LogP contribution in [0.2, 0.25) is 0 Å². The Morgan fingerprint density at radius 3 is 2.65 bits per heavy atom. The molecule has 0 aliphatic carbocycles. The van der Waals surface area contributed by atoms with Crippen LogP contribution in [0.25, 0.3) is 0 Å². The number of ether oxygens (including phenoxy) is 1. The van der Waals surface area contributed by atoms with E-state index in [1.54, 1.807) is 24.1 Å². The molecule has 0 bridgehead atoms. The van der Waals surface area contributed by atoms with E-state index < -0.39 is 6.04 Å². The summed E-state index contributed by atoms with van der Waals surface area (Å²) in [5.41, 5.74) is 5.83. The van der Waals surface area contributed by atoms with Crippen LogP contribution in [0.1, 0.15) is 26.2 Å². The van der Waals surface area contributed by atoms with Crippen LogP contribution in [0.4, 0.5) is 4.39 Å². The van der Waals surface area contributed by atoms with Crippen molar-refractivity contribution in [3.8, 4) is 5.75 Å². The second kappa shape index (κ2) is 8.53. The molecule has 0 radical (unpaired) electrons. The van der Waals surface area contributed by atoms with Crippen LogP contribution in [-0.4, -0.2) is 37.0 Å². The molecule has 1 amide bonds. The number of hydrogen-bond donors (Lipinski definition) is 1. The Morgan fingerprint density at radius 2 is 2.05 bits per heavy atom. The zero-order valence-corrected chi connectivity index (χ0v) is 12.1. The second-order valence-electron chi connectivity index (χ2n) is 4.81. The molecule has 1 atom stereocenters. The lowest BCUT2D eigenvalue weighted by molar-refractivity contribution is -0.131. The standard InChI is InChI=1S/C15H23FN2O2/c1-3-4-5-14(17)15(19)18(2)10-11-20-13-8-6-12(16)7-9-13/h6-9,14H,3-5,10-11,17H2,1-2H3/t14-/m0/s1. The van der Waals surface area contributed by atoms with Gasteiger partial charge in [-0.15, -0.1) is 0 Å². The first kappa shape index (κ1) is 16.4. The number of benzene rings is 1. The van der Waals surface area contributed by atoms with Gasteiger partial charge in [0.25, 0.3) is 0 Å². The van der Waals surface area contributed by atoms with Gasteiger partial charge in [0.1, 0.15) is 18.2 Å². The highest BCUT2D eigenvalue weighted by Crippen LogP contribution is 2.10. The van der Waals surface area contributed by atoms with Crippen molar-refractivity contribution in [3.05, 3.63) is 30.1 Å². The fourth-order valence-electron chi connectivity index (χ4n) is 1.77.